The second kappa shape index (κ2) is 5.75. The molecule has 0 aromatic rings. The summed E-state index contributed by atoms with van der Waals surface area (Å²) in [5.74, 6) is 0.858. The van der Waals surface area contributed by atoms with Gasteiger partial charge in [0.25, 0.3) is 0 Å². The largest absolute Gasteiger partial charge is 0.0961 e. The van der Waals surface area contributed by atoms with Crippen molar-refractivity contribution >= 4 is 0 Å². The third-order valence-corrected chi connectivity index (χ3v) is 2.90. The van der Waals surface area contributed by atoms with Crippen LogP contribution in [0.5, 0.6) is 0 Å². The first-order valence-corrected chi connectivity index (χ1v) is 5.82. The molecule has 0 amide bonds. The maximum Gasteiger partial charge on any atom is -0.0270 e. The van der Waals surface area contributed by atoms with Gasteiger partial charge in [-0.2, -0.15) is 0 Å². The van der Waals surface area contributed by atoms with Gasteiger partial charge in [-0.25, -0.2) is 0 Å². The second-order valence-electron chi connectivity index (χ2n) is 4.53. The summed E-state index contributed by atoms with van der Waals surface area (Å²) in [6, 6.07) is 0. The Morgan fingerprint density at radius 1 is 1.47 bits per heavy atom. The Balaban J connectivity index is 2.72. The van der Waals surface area contributed by atoms with Crippen LogP contribution in [0.2, 0.25) is 0 Å². The van der Waals surface area contributed by atoms with Crippen LogP contribution < -0.4 is 0 Å². The van der Waals surface area contributed by atoms with E-state index in [1.807, 2.05) is 6.92 Å². The van der Waals surface area contributed by atoms with Gasteiger partial charge in [0, 0.05) is 0 Å². The second-order valence-corrected chi connectivity index (χ2v) is 4.53. The van der Waals surface area contributed by atoms with Crippen molar-refractivity contribution in [2.24, 2.45) is 5.92 Å². The van der Waals surface area contributed by atoms with Crippen molar-refractivity contribution in [3.05, 3.63) is 47.6 Å². The van der Waals surface area contributed by atoms with Gasteiger partial charge < -0.3 is 0 Å². The Hall–Kier alpha value is -1.04. The summed E-state index contributed by atoms with van der Waals surface area (Å²) in [4.78, 5) is 0. The molecule has 1 atom stereocenters. The number of allylic oxidation sites excluding steroid dienone is 7. The van der Waals surface area contributed by atoms with Crippen LogP contribution in [0.3, 0.4) is 0 Å². The Morgan fingerprint density at radius 2 is 2.20 bits per heavy atom. The van der Waals surface area contributed by atoms with Crippen molar-refractivity contribution in [1.29, 1.82) is 0 Å². The van der Waals surface area contributed by atoms with Gasteiger partial charge >= 0.3 is 0 Å². The minimum absolute atomic E-state index is 0.858. The van der Waals surface area contributed by atoms with E-state index in [1.165, 1.54) is 30.4 Å². The average Bonchev–Trinajstić information content (AvgIpc) is 2.21. The normalized spacial score (nSPS) is 23.0. The highest BCUT2D eigenvalue weighted by atomic mass is 14.2. The molecule has 0 aliphatic heterocycles. The van der Waals surface area contributed by atoms with Gasteiger partial charge in [-0.1, -0.05) is 43.4 Å². The highest BCUT2D eigenvalue weighted by Gasteiger charge is 2.11. The molecule has 0 fully saturated rings. The summed E-state index contributed by atoms with van der Waals surface area (Å²) in [6.45, 7) is 10.3. The SMILES string of the molecule is C=C(C)/C=C\C(=C/C)C1=CCC(C)CC1. The van der Waals surface area contributed by atoms with Gasteiger partial charge in [0.15, 0.2) is 0 Å². The Bertz CT molecular complexity index is 313. The summed E-state index contributed by atoms with van der Waals surface area (Å²) in [5, 5.41) is 0. The lowest BCUT2D eigenvalue weighted by Crippen LogP contribution is -2.02. The quantitative estimate of drug-likeness (QED) is 0.576. The van der Waals surface area contributed by atoms with Crippen LogP contribution in [0.15, 0.2) is 47.6 Å². The smallest absolute Gasteiger partial charge is 0.0270 e. The fraction of sp³-hybridized carbons (Fsp3) is 0.467. The molecule has 0 aromatic heterocycles. The molecule has 0 saturated carbocycles. The average molecular weight is 202 g/mol. The third-order valence-electron chi connectivity index (χ3n) is 2.90. The topological polar surface area (TPSA) is 0 Å². The molecule has 1 unspecified atom stereocenters. The van der Waals surface area contributed by atoms with Gasteiger partial charge in [0.05, 0.1) is 0 Å². The third kappa shape index (κ3) is 3.91. The number of hydrogen-bond donors (Lipinski definition) is 0. The fourth-order valence-corrected chi connectivity index (χ4v) is 1.85. The predicted octanol–water partition coefficient (Wildman–Crippen LogP) is 4.81. The first-order chi connectivity index (χ1) is 7.13. The van der Waals surface area contributed by atoms with Gasteiger partial charge in [-0.05, 0) is 50.2 Å². The molecule has 0 heteroatoms. The van der Waals surface area contributed by atoms with Crippen molar-refractivity contribution in [2.45, 2.75) is 40.0 Å². The van der Waals surface area contributed by atoms with Crippen LogP contribution in [0.25, 0.3) is 0 Å². The lowest BCUT2D eigenvalue weighted by atomic mass is 9.87. The molecule has 0 nitrogen and oxygen atoms in total. The molecule has 1 aliphatic rings. The summed E-state index contributed by atoms with van der Waals surface area (Å²) < 4.78 is 0. The minimum atomic E-state index is 0.858. The summed E-state index contributed by atoms with van der Waals surface area (Å²) in [5.41, 5.74) is 3.98. The highest BCUT2D eigenvalue weighted by Crippen LogP contribution is 2.28. The summed E-state index contributed by atoms with van der Waals surface area (Å²) >= 11 is 0. The van der Waals surface area contributed by atoms with Crippen LogP contribution >= 0.6 is 0 Å². The zero-order chi connectivity index (χ0) is 11.3. The first kappa shape index (κ1) is 12.0. The molecule has 0 spiro atoms. The lowest BCUT2D eigenvalue weighted by molar-refractivity contribution is 0.517. The van der Waals surface area contributed by atoms with E-state index in [1.54, 1.807) is 0 Å². The van der Waals surface area contributed by atoms with E-state index in [4.69, 9.17) is 0 Å². The Kier molecular flexibility index (Phi) is 4.61. The fourth-order valence-electron chi connectivity index (χ4n) is 1.85. The van der Waals surface area contributed by atoms with Crippen molar-refractivity contribution in [2.75, 3.05) is 0 Å². The molecule has 0 aromatic carbocycles. The Morgan fingerprint density at radius 3 is 2.67 bits per heavy atom. The standard InChI is InChI=1S/C15H22/c1-5-14(9-6-12(2)3)15-10-7-13(4)8-11-15/h5-6,9-10,13H,2,7-8,11H2,1,3-4H3/b9-6-,14-5+. The summed E-state index contributed by atoms with van der Waals surface area (Å²) in [6.07, 6.45) is 12.6. The highest BCUT2D eigenvalue weighted by molar-refractivity contribution is 5.41. The van der Waals surface area contributed by atoms with Gasteiger partial charge in [-0.15, -0.1) is 0 Å². The van der Waals surface area contributed by atoms with E-state index in [-0.39, 0.29) is 0 Å². The number of rotatable bonds is 3. The predicted molar refractivity (Wildman–Crippen MR) is 68.8 cm³/mol. The van der Waals surface area contributed by atoms with E-state index in [9.17, 15) is 0 Å². The molecule has 82 valence electrons. The van der Waals surface area contributed by atoms with Crippen LogP contribution in [0, 0.1) is 5.92 Å². The molecule has 1 aliphatic carbocycles. The molecule has 0 radical (unpaired) electrons. The Labute approximate surface area is 94.1 Å². The first-order valence-electron chi connectivity index (χ1n) is 5.82. The van der Waals surface area contributed by atoms with Crippen LogP contribution in [-0.2, 0) is 0 Å². The van der Waals surface area contributed by atoms with Crippen molar-refractivity contribution in [1.82, 2.24) is 0 Å². The van der Waals surface area contributed by atoms with Crippen LogP contribution in [0.4, 0.5) is 0 Å². The van der Waals surface area contributed by atoms with Gasteiger partial charge in [0.2, 0.25) is 0 Å². The van der Waals surface area contributed by atoms with E-state index >= 15 is 0 Å². The van der Waals surface area contributed by atoms with E-state index in [0.29, 0.717) is 0 Å². The molecule has 0 saturated heterocycles. The van der Waals surface area contributed by atoms with Crippen LogP contribution in [0.1, 0.15) is 40.0 Å². The lowest BCUT2D eigenvalue weighted by Gasteiger charge is -2.18. The molecule has 0 heterocycles. The summed E-state index contributed by atoms with van der Waals surface area (Å²) in [7, 11) is 0. The zero-order valence-corrected chi connectivity index (χ0v) is 10.2. The molecule has 1 rings (SSSR count). The maximum atomic E-state index is 3.89. The molecule has 15 heavy (non-hydrogen) atoms. The minimum Gasteiger partial charge on any atom is -0.0961 e. The van der Waals surface area contributed by atoms with E-state index in [0.717, 1.165) is 11.5 Å². The monoisotopic (exact) mass is 202 g/mol. The maximum absolute atomic E-state index is 3.89. The van der Waals surface area contributed by atoms with Gasteiger partial charge in [-0.3, -0.25) is 0 Å². The van der Waals surface area contributed by atoms with Gasteiger partial charge in [0.1, 0.15) is 0 Å². The molecule has 0 N–H and O–H groups in total. The zero-order valence-electron chi connectivity index (χ0n) is 10.2. The van der Waals surface area contributed by atoms with E-state index < -0.39 is 0 Å². The van der Waals surface area contributed by atoms with Crippen molar-refractivity contribution in [3.8, 4) is 0 Å². The van der Waals surface area contributed by atoms with E-state index in [2.05, 4.69) is 44.7 Å². The molecular weight excluding hydrogens is 180 g/mol. The van der Waals surface area contributed by atoms with Crippen LogP contribution in [-0.4, -0.2) is 0 Å². The molecule has 0 bridgehead atoms. The van der Waals surface area contributed by atoms with Crippen molar-refractivity contribution in [3.63, 3.8) is 0 Å². The number of hydrogen-bond acceptors (Lipinski definition) is 0. The molecular formula is C15H22. The van der Waals surface area contributed by atoms with Crippen molar-refractivity contribution < 1.29 is 0 Å².